The van der Waals surface area contributed by atoms with Crippen LogP contribution in [0.4, 0.5) is 0 Å². The Morgan fingerprint density at radius 1 is 1.19 bits per heavy atom. The summed E-state index contributed by atoms with van der Waals surface area (Å²) in [5, 5.41) is 0.588. The van der Waals surface area contributed by atoms with Gasteiger partial charge in [0.2, 0.25) is 0 Å². The molecule has 2 aromatic carbocycles. The monoisotopic (exact) mass is 303 g/mol. The topological polar surface area (TPSA) is 29.5 Å². The number of halogens is 1. The van der Waals surface area contributed by atoms with Crippen molar-refractivity contribution in [1.82, 2.24) is 4.90 Å². The summed E-state index contributed by atoms with van der Waals surface area (Å²) in [6.07, 6.45) is -0.558. The van der Waals surface area contributed by atoms with Gasteiger partial charge < -0.3 is 9.64 Å². The van der Waals surface area contributed by atoms with E-state index in [0.717, 1.165) is 5.56 Å². The Morgan fingerprint density at radius 3 is 2.57 bits per heavy atom. The zero-order valence-corrected chi connectivity index (χ0v) is 12.9. The van der Waals surface area contributed by atoms with Crippen LogP contribution in [0, 0.1) is 0 Å². The normalized spacial score (nSPS) is 11.8. The van der Waals surface area contributed by atoms with Gasteiger partial charge in [0.05, 0.1) is 0 Å². The maximum atomic E-state index is 12.3. The van der Waals surface area contributed by atoms with Crippen LogP contribution in [0.2, 0.25) is 5.02 Å². The molecule has 21 heavy (non-hydrogen) atoms. The highest BCUT2D eigenvalue weighted by molar-refractivity contribution is 6.30. The fourth-order valence-electron chi connectivity index (χ4n) is 2.04. The largest absolute Gasteiger partial charge is 0.481 e. The van der Waals surface area contributed by atoms with Crippen LogP contribution in [-0.2, 0) is 11.3 Å². The molecule has 2 aromatic rings. The molecule has 0 aliphatic heterocycles. The van der Waals surface area contributed by atoms with E-state index in [1.54, 1.807) is 43.1 Å². The molecule has 0 radical (unpaired) electrons. The molecule has 110 valence electrons. The number of amides is 1. The van der Waals surface area contributed by atoms with Gasteiger partial charge in [-0.1, -0.05) is 48.0 Å². The summed E-state index contributed by atoms with van der Waals surface area (Å²) in [7, 11) is 1.77. The predicted octanol–water partition coefficient (Wildman–Crippen LogP) is 3.77. The third kappa shape index (κ3) is 4.50. The molecular formula is C17H18ClNO2. The first-order chi connectivity index (χ1) is 10.1. The zero-order valence-electron chi connectivity index (χ0n) is 12.1. The van der Waals surface area contributed by atoms with Crippen LogP contribution < -0.4 is 4.74 Å². The van der Waals surface area contributed by atoms with Gasteiger partial charge in [0.1, 0.15) is 5.75 Å². The van der Waals surface area contributed by atoms with Gasteiger partial charge in [0.15, 0.2) is 6.10 Å². The third-order valence-corrected chi connectivity index (χ3v) is 3.33. The maximum Gasteiger partial charge on any atom is 0.263 e. The average Bonchev–Trinajstić information content (AvgIpc) is 2.47. The van der Waals surface area contributed by atoms with E-state index in [2.05, 4.69) is 0 Å². The van der Waals surface area contributed by atoms with Crippen molar-refractivity contribution in [2.45, 2.75) is 19.6 Å². The molecule has 0 bridgehead atoms. The number of ether oxygens (including phenoxy) is 1. The molecule has 0 aromatic heterocycles. The molecule has 0 saturated carbocycles. The van der Waals surface area contributed by atoms with Crippen LogP contribution in [0.1, 0.15) is 12.5 Å². The van der Waals surface area contributed by atoms with E-state index in [-0.39, 0.29) is 5.91 Å². The van der Waals surface area contributed by atoms with Gasteiger partial charge in [-0.2, -0.15) is 0 Å². The minimum atomic E-state index is -0.558. The molecule has 2 rings (SSSR count). The number of rotatable bonds is 5. The summed E-state index contributed by atoms with van der Waals surface area (Å²) < 4.78 is 5.64. The number of carbonyl (C=O) groups excluding carboxylic acids is 1. The van der Waals surface area contributed by atoms with E-state index >= 15 is 0 Å². The van der Waals surface area contributed by atoms with Crippen LogP contribution in [-0.4, -0.2) is 24.0 Å². The first-order valence-electron chi connectivity index (χ1n) is 6.77. The lowest BCUT2D eigenvalue weighted by Gasteiger charge is -2.22. The van der Waals surface area contributed by atoms with Gasteiger partial charge in [0, 0.05) is 18.6 Å². The lowest BCUT2D eigenvalue weighted by atomic mass is 10.2. The van der Waals surface area contributed by atoms with E-state index in [4.69, 9.17) is 16.3 Å². The Hall–Kier alpha value is -2.00. The van der Waals surface area contributed by atoms with E-state index in [1.165, 1.54) is 0 Å². The van der Waals surface area contributed by atoms with E-state index in [0.29, 0.717) is 17.3 Å². The van der Waals surface area contributed by atoms with Crippen molar-refractivity contribution in [1.29, 1.82) is 0 Å². The van der Waals surface area contributed by atoms with Gasteiger partial charge in [-0.05, 0) is 30.7 Å². The lowest BCUT2D eigenvalue weighted by molar-refractivity contribution is -0.137. The molecule has 4 heteroatoms. The number of hydrogen-bond donors (Lipinski definition) is 0. The second-order valence-corrected chi connectivity index (χ2v) is 5.33. The lowest BCUT2D eigenvalue weighted by Crippen LogP contribution is -2.37. The zero-order chi connectivity index (χ0) is 15.2. The van der Waals surface area contributed by atoms with Gasteiger partial charge in [0.25, 0.3) is 5.91 Å². The SMILES string of the molecule is C[C@@H](Oc1cccc(Cl)c1)C(=O)N(C)Cc1ccccc1. The van der Waals surface area contributed by atoms with Crippen molar-refractivity contribution in [3.8, 4) is 5.75 Å². The predicted molar refractivity (Wildman–Crippen MR) is 84.5 cm³/mol. The highest BCUT2D eigenvalue weighted by Crippen LogP contribution is 2.19. The molecule has 3 nitrogen and oxygen atoms in total. The van der Waals surface area contributed by atoms with Crippen LogP contribution >= 0.6 is 11.6 Å². The quantitative estimate of drug-likeness (QED) is 0.841. The van der Waals surface area contributed by atoms with Crippen molar-refractivity contribution in [2.75, 3.05) is 7.05 Å². The Bertz CT molecular complexity index is 601. The van der Waals surface area contributed by atoms with E-state index in [9.17, 15) is 4.79 Å². The van der Waals surface area contributed by atoms with Gasteiger partial charge in [-0.15, -0.1) is 0 Å². The highest BCUT2D eigenvalue weighted by atomic mass is 35.5. The van der Waals surface area contributed by atoms with E-state index in [1.807, 2.05) is 30.3 Å². The summed E-state index contributed by atoms with van der Waals surface area (Å²) in [5.41, 5.74) is 1.09. The molecule has 0 fully saturated rings. The number of likely N-dealkylation sites (N-methyl/N-ethyl adjacent to an activating group) is 1. The first-order valence-corrected chi connectivity index (χ1v) is 7.15. The van der Waals surface area contributed by atoms with Gasteiger partial charge in [-0.3, -0.25) is 4.79 Å². The van der Waals surface area contributed by atoms with Crippen molar-refractivity contribution in [2.24, 2.45) is 0 Å². The average molecular weight is 304 g/mol. The number of benzene rings is 2. The number of carbonyl (C=O) groups is 1. The van der Waals surface area contributed by atoms with Gasteiger partial charge in [-0.25, -0.2) is 0 Å². The molecule has 0 unspecified atom stereocenters. The van der Waals surface area contributed by atoms with Crippen LogP contribution in [0.25, 0.3) is 0 Å². The molecule has 0 spiro atoms. The van der Waals surface area contributed by atoms with Crippen LogP contribution in [0.3, 0.4) is 0 Å². The third-order valence-electron chi connectivity index (χ3n) is 3.10. The summed E-state index contributed by atoms with van der Waals surface area (Å²) >= 11 is 5.90. The molecule has 0 N–H and O–H groups in total. The minimum Gasteiger partial charge on any atom is -0.481 e. The molecule has 0 aliphatic carbocycles. The summed E-state index contributed by atoms with van der Waals surface area (Å²) in [4.78, 5) is 14.0. The highest BCUT2D eigenvalue weighted by Gasteiger charge is 2.19. The molecule has 0 saturated heterocycles. The molecule has 1 amide bonds. The molecule has 1 atom stereocenters. The fraction of sp³-hybridized carbons (Fsp3) is 0.235. The van der Waals surface area contributed by atoms with Crippen molar-refractivity contribution in [3.63, 3.8) is 0 Å². The summed E-state index contributed by atoms with van der Waals surface area (Å²) in [5.74, 6) is 0.523. The second kappa shape index (κ2) is 7.14. The Labute approximate surface area is 130 Å². The van der Waals surface area contributed by atoms with Crippen molar-refractivity contribution < 1.29 is 9.53 Å². The maximum absolute atomic E-state index is 12.3. The first kappa shape index (κ1) is 15.4. The smallest absolute Gasteiger partial charge is 0.263 e. The molecule has 0 aliphatic rings. The minimum absolute atomic E-state index is 0.0705. The van der Waals surface area contributed by atoms with Crippen LogP contribution in [0.5, 0.6) is 5.75 Å². The summed E-state index contributed by atoms with van der Waals surface area (Å²) in [6.45, 7) is 2.30. The second-order valence-electron chi connectivity index (χ2n) is 4.90. The summed E-state index contributed by atoms with van der Waals surface area (Å²) in [6, 6.07) is 16.9. The number of nitrogens with zero attached hydrogens (tertiary/aromatic N) is 1. The standard InChI is InChI=1S/C17H18ClNO2/c1-13(21-16-10-6-9-15(18)11-16)17(20)19(2)12-14-7-4-3-5-8-14/h3-11,13H,12H2,1-2H3/t13-/m1/s1. The molecular weight excluding hydrogens is 286 g/mol. The molecule has 0 heterocycles. The van der Waals surface area contributed by atoms with Crippen molar-refractivity contribution in [3.05, 3.63) is 65.2 Å². The Morgan fingerprint density at radius 2 is 1.90 bits per heavy atom. The Balaban J connectivity index is 1.95. The van der Waals surface area contributed by atoms with Crippen LogP contribution in [0.15, 0.2) is 54.6 Å². The van der Waals surface area contributed by atoms with E-state index < -0.39 is 6.10 Å². The van der Waals surface area contributed by atoms with Crippen molar-refractivity contribution >= 4 is 17.5 Å². The Kier molecular flexibility index (Phi) is 5.23. The fourth-order valence-corrected chi connectivity index (χ4v) is 2.22. The van der Waals surface area contributed by atoms with Gasteiger partial charge >= 0.3 is 0 Å². The number of hydrogen-bond acceptors (Lipinski definition) is 2.